The van der Waals surface area contributed by atoms with E-state index in [0.29, 0.717) is 143 Å². The zero-order valence-corrected chi connectivity index (χ0v) is 52.7. The molecule has 1 aliphatic rings. The first kappa shape index (κ1) is 77.7. The molecule has 496 valence electrons. The van der Waals surface area contributed by atoms with Gasteiger partial charge in [-0.2, -0.15) is 0 Å². The lowest BCUT2D eigenvalue weighted by Gasteiger charge is -2.33. The highest BCUT2D eigenvalue weighted by Gasteiger charge is 2.37. The summed E-state index contributed by atoms with van der Waals surface area (Å²) >= 11 is 0. The Bertz CT molecular complexity index is 1860. The lowest BCUT2D eigenvalue weighted by atomic mass is 10.1. The quantitative estimate of drug-likeness (QED) is 0.0378. The van der Waals surface area contributed by atoms with E-state index in [4.69, 9.17) is 90.0 Å². The highest BCUT2D eigenvalue weighted by molar-refractivity contribution is 6.21. The first-order chi connectivity index (χ1) is 41.1. The van der Waals surface area contributed by atoms with Crippen molar-refractivity contribution < 1.29 is 119 Å². The van der Waals surface area contributed by atoms with E-state index in [2.05, 4.69) is 0 Å². The van der Waals surface area contributed by atoms with E-state index >= 15 is 0 Å². The van der Waals surface area contributed by atoms with Crippen molar-refractivity contribution in [2.75, 3.05) is 205 Å². The van der Waals surface area contributed by atoms with E-state index < -0.39 is 46.3 Å². The maximum atomic E-state index is 13.3. The van der Waals surface area contributed by atoms with E-state index in [9.17, 15) is 28.8 Å². The number of carbonyl (C=O) groups excluding carboxylic acids is 6. The van der Waals surface area contributed by atoms with Crippen LogP contribution in [0.1, 0.15) is 109 Å². The molecule has 0 aromatic heterocycles. The fourth-order valence-corrected chi connectivity index (χ4v) is 7.20. The second kappa shape index (κ2) is 46.7. The molecule has 1 aliphatic heterocycles. The standard InChI is InChI=1S/C60H101NO25/c1-57(2,3)83-51(62)15-20-80-46-60(47-81-21-16-52(63)84-58(4,5)6,48-82-22-17-53(64)85-59(7,8)9)86-54(65)14-19-68-24-26-70-28-30-72-32-34-74-36-38-76-40-42-78-44-45-79-43-41-77-39-37-75-35-33-73-31-29-71-27-25-69-23-18-61-55(66)49-12-10-11-13-50(49)56(61)67/h10-13H,14-48H2,1-9H3. The van der Waals surface area contributed by atoms with Gasteiger partial charge in [0.2, 0.25) is 0 Å². The van der Waals surface area contributed by atoms with E-state index in [1.54, 1.807) is 86.6 Å². The van der Waals surface area contributed by atoms with Crippen LogP contribution >= 0.6 is 0 Å². The molecule has 26 nitrogen and oxygen atoms in total. The molecule has 0 saturated carbocycles. The van der Waals surface area contributed by atoms with Crippen molar-refractivity contribution in [3.05, 3.63) is 35.4 Å². The van der Waals surface area contributed by atoms with Crippen LogP contribution in [0.4, 0.5) is 0 Å². The van der Waals surface area contributed by atoms with Crippen LogP contribution in [0.3, 0.4) is 0 Å². The first-order valence-corrected chi connectivity index (χ1v) is 29.6. The van der Waals surface area contributed by atoms with E-state index in [1.165, 1.54) is 4.90 Å². The van der Waals surface area contributed by atoms with Crippen molar-refractivity contribution in [3.8, 4) is 0 Å². The van der Waals surface area contributed by atoms with Crippen LogP contribution in [0.2, 0.25) is 0 Å². The fourth-order valence-electron chi connectivity index (χ4n) is 7.20. The molecule has 2 amide bonds. The Hall–Kier alpha value is -4.36. The summed E-state index contributed by atoms with van der Waals surface area (Å²) in [4.78, 5) is 76.3. The SMILES string of the molecule is CC(C)(C)OC(=O)CCOCC(COCCC(=O)OC(C)(C)C)(COCCC(=O)OC(C)(C)C)OC(=O)CCOCCOCCOCCOCCOCCOCCOCCOCCOCCOCCOCCOCCN1C(=O)c2ccccc2C1=O. The van der Waals surface area contributed by atoms with Crippen LogP contribution in [0.5, 0.6) is 0 Å². The maximum Gasteiger partial charge on any atom is 0.308 e. The highest BCUT2D eigenvalue weighted by Crippen LogP contribution is 2.22. The van der Waals surface area contributed by atoms with Crippen molar-refractivity contribution in [2.45, 2.75) is 110 Å². The second-order valence-corrected chi connectivity index (χ2v) is 22.2. The number of hydrogen-bond donors (Lipinski definition) is 0. The number of carbonyl (C=O) groups is 6. The molecule has 2 rings (SSSR count). The molecule has 0 fully saturated rings. The van der Waals surface area contributed by atoms with Gasteiger partial charge in [-0.25, -0.2) is 0 Å². The number of hydrogen-bond acceptors (Lipinski definition) is 25. The molecule has 1 aromatic carbocycles. The summed E-state index contributed by atoms with van der Waals surface area (Å²) in [6.07, 6.45) is -0.344. The first-order valence-electron chi connectivity index (χ1n) is 29.6. The molecule has 0 atom stereocenters. The summed E-state index contributed by atoms with van der Waals surface area (Å²) in [6.45, 7) is 24.0. The van der Waals surface area contributed by atoms with Crippen LogP contribution in [0.15, 0.2) is 24.3 Å². The van der Waals surface area contributed by atoms with Gasteiger partial charge >= 0.3 is 23.9 Å². The molecule has 0 saturated heterocycles. The highest BCUT2D eigenvalue weighted by atomic mass is 16.6. The van der Waals surface area contributed by atoms with Crippen molar-refractivity contribution in [1.29, 1.82) is 0 Å². The topological polar surface area (TPSA) is 281 Å². The van der Waals surface area contributed by atoms with Gasteiger partial charge in [0.1, 0.15) is 16.8 Å². The van der Waals surface area contributed by atoms with Crippen molar-refractivity contribution in [1.82, 2.24) is 4.90 Å². The number of ether oxygens (including phenoxy) is 19. The van der Waals surface area contributed by atoms with Gasteiger partial charge in [-0.1, -0.05) is 12.1 Å². The van der Waals surface area contributed by atoms with Crippen LogP contribution in [0, 0.1) is 0 Å². The molecular weight excluding hydrogens is 1130 g/mol. The molecule has 26 heteroatoms. The molecule has 0 unspecified atom stereocenters. The fraction of sp³-hybridized carbons (Fsp3) is 0.800. The zero-order valence-electron chi connectivity index (χ0n) is 52.7. The summed E-state index contributed by atoms with van der Waals surface area (Å²) in [5, 5.41) is 0. The third-order valence-corrected chi connectivity index (χ3v) is 10.9. The number of imide groups is 1. The van der Waals surface area contributed by atoms with Gasteiger partial charge in [0.25, 0.3) is 11.8 Å². The molecule has 0 bridgehead atoms. The molecule has 0 radical (unpaired) electrons. The minimum Gasteiger partial charge on any atom is -0.460 e. The normalized spacial score (nSPS) is 12.9. The van der Waals surface area contributed by atoms with Crippen molar-refractivity contribution in [3.63, 3.8) is 0 Å². The lowest BCUT2D eigenvalue weighted by molar-refractivity contribution is -0.191. The van der Waals surface area contributed by atoms with E-state index in [0.717, 1.165) is 0 Å². The minimum atomic E-state index is -1.54. The average Bonchev–Trinajstić information content (AvgIpc) is 3.89. The Morgan fingerprint density at radius 3 is 0.756 bits per heavy atom. The molecule has 86 heavy (non-hydrogen) atoms. The molecular formula is C60H101NO25. The Morgan fingerprint density at radius 1 is 0.302 bits per heavy atom. The zero-order chi connectivity index (χ0) is 63.2. The van der Waals surface area contributed by atoms with Gasteiger partial charge in [0, 0.05) is 0 Å². The number of benzene rings is 1. The van der Waals surface area contributed by atoms with Crippen LogP contribution in [-0.2, 0) is 109 Å². The molecule has 1 aromatic rings. The molecule has 0 N–H and O–H groups in total. The maximum absolute atomic E-state index is 13.3. The van der Waals surface area contributed by atoms with Gasteiger partial charge < -0.3 is 90.0 Å². The summed E-state index contributed by atoms with van der Waals surface area (Å²) in [5.41, 5.74) is -2.74. The third kappa shape index (κ3) is 42.5. The third-order valence-electron chi connectivity index (χ3n) is 10.9. The van der Waals surface area contributed by atoms with Gasteiger partial charge in [-0.15, -0.1) is 0 Å². The molecule has 0 aliphatic carbocycles. The van der Waals surface area contributed by atoms with Gasteiger partial charge in [0.15, 0.2) is 5.60 Å². The average molecular weight is 1240 g/mol. The number of esters is 4. The Balaban J connectivity index is 1.42. The number of fused-ring (bicyclic) bond motifs is 1. The van der Waals surface area contributed by atoms with Crippen LogP contribution in [0.25, 0.3) is 0 Å². The summed E-state index contributed by atoms with van der Waals surface area (Å²) < 4.78 is 106. The van der Waals surface area contributed by atoms with E-state index in [1.807, 2.05) is 0 Å². The summed E-state index contributed by atoms with van der Waals surface area (Å²) in [6, 6.07) is 6.78. The second-order valence-electron chi connectivity index (χ2n) is 22.2. The Morgan fingerprint density at radius 2 is 0.512 bits per heavy atom. The Kier molecular flexibility index (Phi) is 42.2. The predicted octanol–water partition coefficient (Wildman–Crippen LogP) is 4.40. The number of rotatable bonds is 55. The molecule has 0 spiro atoms. The number of amides is 2. The van der Waals surface area contributed by atoms with Crippen LogP contribution < -0.4 is 0 Å². The summed E-state index contributed by atoms with van der Waals surface area (Å²) in [7, 11) is 0. The monoisotopic (exact) mass is 1240 g/mol. The van der Waals surface area contributed by atoms with Gasteiger partial charge in [-0.3, -0.25) is 33.7 Å². The lowest BCUT2D eigenvalue weighted by Crippen LogP contribution is -2.49. The predicted molar refractivity (Wildman–Crippen MR) is 309 cm³/mol. The van der Waals surface area contributed by atoms with Crippen molar-refractivity contribution >= 4 is 35.7 Å². The molecule has 1 heterocycles. The number of nitrogens with zero attached hydrogens (tertiary/aromatic N) is 1. The minimum absolute atomic E-state index is 0.0165. The largest absolute Gasteiger partial charge is 0.460 e. The Labute approximate surface area is 508 Å². The van der Waals surface area contributed by atoms with Crippen molar-refractivity contribution in [2.24, 2.45) is 0 Å². The van der Waals surface area contributed by atoms with Crippen LogP contribution in [-0.4, -0.2) is 268 Å². The van der Waals surface area contributed by atoms with Gasteiger partial charge in [0.05, 0.1) is 242 Å². The smallest absolute Gasteiger partial charge is 0.308 e. The van der Waals surface area contributed by atoms with E-state index in [-0.39, 0.29) is 110 Å². The van der Waals surface area contributed by atoms with Gasteiger partial charge in [-0.05, 0) is 74.4 Å². The summed E-state index contributed by atoms with van der Waals surface area (Å²) in [5.74, 6) is -2.65.